The molecule has 1 aliphatic rings. The van der Waals surface area contributed by atoms with Gasteiger partial charge in [0.15, 0.2) is 0 Å². The number of amides is 2. The van der Waals surface area contributed by atoms with E-state index in [1.165, 1.54) is 19.3 Å². The summed E-state index contributed by atoms with van der Waals surface area (Å²) >= 11 is 0. The molecule has 0 spiro atoms. The predicted octanol–water partition coefficient (Wildman–Crippen LogP) is 3.76. The maximum atomic E-state index is 12.3. The van der Waals surface area contributed by atoms with E-state index >= 15 is 0 Å². The van der Waals surface area contributed by atoms with E-state index in [4.69, 9.17) is 0 Å². The molecule has 4 nitrogen and oxygen atoms in total. The number of carbonyl (C=O) groups excluding carboxylic acids is 2. The maximum absolute atomic E-state index is 12.3. The first kappa shape index (κ1) is 18.5. The zero-order valence-corrected chi connectivity index (χ0v) is 15.0. The number of benzene rings is 1. The quantitative estimate of drug-likeness (QED) is 0.749. The molecule has 0 bridgehead atoms. The highest BCUT2D eigenvalue weighted by molar-refractivity contribution is 5.94. The summed E-state index contributed by atoms with van der Waals surface area (Å²) in [7, 11) is 0. The van der Waals surface area contributed by atoms with Gasteiger partial charge < -0.3 is 10.2 Å². The van der Waals surface area contributed by atoms with E-state index in [1.54, 1.807) is 0 Å². The predicted molar refractivity (Wildman–Crippen MR) is 96.7 cm³/mol. The standard InChI is InChI=1S/C20H30N2O2/c1-3-5-7-16(4-2)14-21-20(24)18-11-9-17(10-12-18)15-22-13-6-8-19(22)23/h9-12,16H,3-8,13-15H2,1-2H3,(H,21,24)/t16-/m0/s1. The van der Waals surface area contributed by atoms with Gasteiger partial charge in [-0.15, -0.1) is 0 Å². The minimum Gasteiger partial charge on any atom is -0.352 e. The minimum absolute atomic E-state index is 0.00579. The van der Waals surface area contributed by atoms with Crippen LogP contribution in [0.25, 0.3) is 0 Å². The van der Waals surface area contributed by atoms with E-state index in [0.29, 0.717) is 24.4 Å². The van der Waals surface area contributed by atoms with Crippen LogP contribution in [0, 0.1) is 5.92 Å². The summed E-state index contributed by atoms with van der Waals surface area (Å²) in [4.78, 5) is 25.8. The SMILES string of the molecule is CCCC[C@H](CC)CNC(=O)c1ccc(CN2CCCC2=O)cc1. The third-order valence-corrected chi connectivity index (χ3v) is 4.86. The molecule has 0 saturated carbocycles. The molecule has 4 heteroatoms. The molecule has 0 aliphatic carbocycles. The molecule has 132 valence electrons. The van der Waals surface area contributed by atoms with E-state index in [-0.39, 0.29) is 11.8 Å². The van der Waals surface area contributed by atoms with Crippen molar-refractivity contribution in [3.05, 3.63) is 35.4 Å². The number of rotatable bonds is 9. The molecule has 0 unspecified atom stereocenters. The highest BCUT2D eigenvalue weighted by Crippen LogP contribution is 2.15. The Kier molecular flexibility index (Phi) is 7.29. The molecule has 1 atom stereocenters. The molecule has 24 heavy (non-hydrogen) atoms. The van der Waals surface area contributed by atoms with E-state index in [2.05, 4.69) is 19.2 Å². The summed E-state index contributed by atoms with van der Waals surface area (Å²) in [5.74, 6) is 0.789. The van der Waals surface area contributed by atoms with Gasteiger partial charge in [0.2, 0.25) is 5.91 Å². The summed E-state index contributed by atoms with van der Waals surface area (Å²) < 4.78 is 0. The lowest BCUT2D eigenvalue weighted by Gasteiger charge is -2.16. The first-order chi connectivity index (χ1) is 11.6. The molecule has 2 rings (SSSR count). The van der Waals surface area contributed by atoms with E-state index < -0.39 is 0 Å². The van der Waals surface area contributed by atoms with Crippen LogP contribution in [0.1, 0.15) is 68.3 Å². The lowest BCUT2D eigenvalue weighted by molar-refractivity contribution is -0.128. The normalized spacial score (nSPS) is 15.6. The number of nitrogens with zero attached hydrogens (tertiary/aromatic N) is 1. The molecule has 0 aromatic heterocycles. The minimum atomic E-state index is -0.00579. The van der Waals surface area contributed by atoms with Gasteiger partial charge in [-0.25, -0.2) is 0 Å². The van der Waals surface area contributed by atoms with Crippen molar-refractivity contribution >= 4 is 11.8 Å². The Hall–Kier alpha value is -1.84. The van der Waals surface area contributed by atoms with E-state index in [9.17, 15) is 9.59 Å². The molecule has 1 fully saturated rings. The summed E-state index contributed by atoms with van der Waals surface area (Å²) in [5, 5.41) is 3.06. The number of hydrogen-bond donors (Lipinski definition) is 1. The Morgan fingerprint density at radius 1 is 1.25 bits per heavy atom. The van der Waals surface area contributed by atoms with Gasteiger partial charge in [0.1, 0.15) is 0 Å². The second kappa shape index (κ2) is 9.45. The highest BCUT2D eigenvalue weighted by atomic mass is 16.2. The van der Waals surface area contributed by atoms with Crippen molar-refractivity contribution in [1.82, 2.24) is 10.2 Å². The molecule has 1 N–H and O–H groups in total. The molecular formula is C20H30N2O2. The van der Waals surface area contributed by atoms with Gasteiger partial charge in [-0.05, 0) is 36.5 Å². The van der Waals surface area contributed by atoms with Gasteiger partial charge in [-0.1, -0.05) is 45.2 Å². The van der Waals surface area contributed by atoms with Crippen LogP contribution < -0.4 is 5.32 Å². The molecule has 2 amide bonds. The molecular weight excluding hydrogens is 300 g/mol. The fourth-order valence-electron chi connectivity index (χ4n) is 3.14. The number of nitrogens with one attached hydrogen (secondary N) is 1. The molecule has 1 aliphatic heterocycles. The van der Waals surface area contributed by atoms with Crippen molar-refractivity contribution in [3.63, 3.8) is 0 Å². The number of unbranched alkanes of at least 4 members (excludes halogenated alkanes) is 1. The Balaban J connectivity index is 1.83. The van der Waals surface area contributed by atoms with Crippen molar-refractivity contribution in [1.29, 1.82) is 0 Å². The van der Waals surface area contributed by atoms with Crippen LogP contribution in [0.5, 0.6) is 0 Å². The third-order valence-electron chi connectivity index (χ3n) is 4.86. The molecule has 1 aromatic rings. The smallest absolute Gasteiger partial charge is 0.251 e. The van der Waals surface area contributed by atoms with Crippen LogP contribution in [0.4, 0.5) is 0 Å². The number of carbonyl (C=O) groups is 2. The van der Waals surface area contributed by atoms with Crippen molar-refractivity contribution in [2.45, 2.75) is 58.9 Å². The van der Waals surface area contributed by atoms with Crippen molar-refractivity contribution < 1.29 is 9.59 Å². The van der Waals surface area contributed by atoms with Crippen LogP contribution in [-0.2, 0) is 11.3 Å². The van der Waals surface area contributed by atoms with Crippen molar-refractivity contribution in [2.24, 2.45) is 5.92 Å². The highest BCUT2D eigenvalue weighted by Gasteiger charge is 2.20. The Morgan fingerprint density at radius 2 is 2.00 bits per heavy atom. The largest absolute Gasteiger partial charge is 0.352 e. The fraction of sp³-hybridized carbons (Fsp3) is 0.600. The van der Waals surface area contributed by atoms with Gasteiger partial charge in [0, 0.05) is 31.6 Å². The second-order valence-corrected chi connectivity index (χ2v) is 6.74. The van der Waals surface area contributed by atoms with Gasteiger partial charge in [0.25, 0.3) is 5.91 Å². The van der Waals surface area contributed by atoms with E-state index in [1.807, 2.05) is 29.2 Å². The average Bonchev–Trinajstić information content (AvgIpc) is 3.00. The summed E-state index contributed by atoms with van der Waals surface area (Å²) in [5.41, 5.74) is 1.77. The monoisotopic (exact) mass is 330 g/mol. The van der Waals surface area contributed by atoms with Gasteiger partial charge >= 0.3 is 0 Å². The Bertz CT molecular complexity index is 539. The summed E-state index contributed by atoms with van der Waals surface area (Å²) in [6.45, 7) is 6.62. The van der Waals surface area contributed by atoms with Crippen LogP contribution in [0.2, 0.25) is 0 Å². The zero-order chi connectivity index (χ0) is 17.4. The van der Waals surface area contributed by atoms with Crippen molar-refractivity contribution in [2.75, 3.05) is 13.1 Å². The van der Waals surface area contributed by atoms with Crippen LogP contribution in [0.15, 0.2) is 24.3 Å². The number of likely N-dealkylation sites (tertiary alicyclic amines) is 1. The molecule has 0 radical (unpaired) electrons. The third kappa shape index (κ3) is 5.36. The fourth-order valence-corrected chi connectivity index (χ4v) is 3.14. The Morgan fingerprint density at radius 3 is 2.58 bits per heavy atom. The average molecular weight is 330 g/mol. The molecule has 1 heterocycles. The van der Waals surface area contributed by atoms with E-state index in [0.717, 1.165) is 31.5 Å². The molecule has 1 saturated heterocycles. The zero-order valence-electron chi connectivity index (χ0n) is 15.0. The topological polar surface area (TPSA) is 49.4 Å². The second-order valence-electron chi connectivity index (χ2n) is 6.74. The maximum Gasteiger partial charge on any atom is 0.251 e. The lowest BCUT2D eigenvalue weighted by atomic mass is 9.99. The van der Waals surface area contributed by atoms with Crippen molar-refractivity contribution in [3.8, 4) is 0 Å². The van der Waals surface area contributed by atoms with Gasteiger partial charge in [-0.3, -0.25) is 9.59 Å². The van der Waals surface area contributed by atoms with Gasteiger partial charge in [-0.2, -0.15) is 0 Å². The van der Waals surface area contributed by atoms with Crippen LogP contribution in [0.3, 0.4) is 0 Å². The summed E-state index contributed by atoms with van der Waals surface area (Å²) in [6, 6.07) is 7.63. The van der Waals surface area contributed by atoms with Crippen LogP contribution >= 0.6 is 0 Å². The summed E-state index contributed by atoms with van der Waals surface area (Å²) in [6.07, 6.45) is 6.32. The van der Waals surface area contributed by atoms with Crippen LogP contribution in [-0.4, -0.2) is 29.8 Å². The lowest BCUT2D eigenvalue weighted by Crippen LogP contribution is -2.29. The Labute approximate surface area is 145 Å². The molecule has 1 aromatic carbocycles. The first-order valence-electron chi connectivity index (χ1n) is 9.29. The first-order valence-corrected chi connectivity index (χ1v) is 9.29. The number of hydrogen-bond acceptors (Lipinski definition) is 2. The van der Waals surface area contributed by atoms with Gasteiger partial charge in [0.05, 0.1) is 0 Å².